The maximum atomic E-state index is 13.1. The van der Waals surface area contributed by atoms with Crippen molar-refractivity contribution in [3.63, 3.8) is 0 Å². The van der Waals surface area contributed by atoms with Gasteiger partial charge >= 0.3 is 0 Å². The molecule has 1 aliphatic heterocycles. The maximum Gasteiger partial charge on any atom is 0.276 e. The van der Waals surface area contributed by atoms with E-state index < -0.39 is 0 Å². The number of hydrogen-bond donors (Lipinski definition) is 1. The van der Waals surface area contributed by atoms with Gasteiger partial charge in [0, 0.05) is 30.7 Å². The number of anilines is 1. The Bertz CT molecular complexity index is 1030. The van der Waals surface area contributed by atoms with Gasteiger partial charge < -0.3 is 14.8 Å². The molecule has 1 N–H and O–H groups in total. The smallest absolute Gasteiger partial charge is 0.276 e. The standard InChI is InChI=1S/C23H28N4O3/c1-16-13-17(2)15-18(14-16)24-23(28)21-19-5-4-6-20(29-3)22(19)27(25-21)8-7-26-9-11-30-12-10-26/h4-6,13-15H,7-12H2,1-3H3,(H,24,28). The van der Waals surface area contributed by atoms with Gasteiger partial charge in [0.1, 0.15) is 11.3 Å². The molecule has 1 amide bonds. The molecule has 1 saturated heterocycles. The number of benzene rings is 2. The molecule has 1 aliphatic rings. The van der Waals surface area contributed by atoms with Crippen LogP contribution in [0.15, 0.2) is 36.4 Å². The molecular formula is C23H28N4O3. The first-order valence-electron chi connectivity index (χ1n) is 10.3. The first-order chi connectivity index (χ1) is 14.5. The number of rotatable bonds is 6. The molecule has 2 heterocycles. The molecule has 7 heteroatoms. The average molecular weight is 409 g/mol. The van der Waals surface area contributed by atoms with Crippen LogP contribution in [0.3, 0.4) is 0 Å². The number of methoxy groups -OCH3 is 1. The second-order valence-electron chi connectivity index (χ2n) is 7.71. The van der Waals surface area contributed by atoms with E-state index in [2.05, 4.69) is 21.4 Å². The molecular weight excluding hydrogens is 380 g/mol. The van der Waals surface area contributed by atoms with Crippen LogP contribution in [0.2, 0.25) is 0 Å². The summed E-state index contributed by atoms with van der Waals surface area (Å²) in [6, 6.07) is 11.7. The number of nitrogens with one attached hydrogen (secondary N) is 1. The van der Waals surface area contributed by atoms with Crippen molar-refractivity contribution in [1.82, 2.24) is 14.7 Å². The van der Waals surface area contributed by atoms with E-state index in [0.29, 0.717) is 18.0 Å². The monoisotopic (exact) mass is 408 g/mol. The first kappa shape index (κ1) is 20.4. The molecule has 0 saturated carbocycles. The number of ether oxygens (including phenoxy) is 2. The summed E-state index contributed by atoms with van der Waals surface area (Å²) in [4.78, 5) is 15.5. The SMILES string of the molecule is COc1cccc2c(C(=O)Nc3cc(C)cc(C)c3)nn(CCN3CCOCC3)c12. The van der Waals surface area contributed by atoms with Gasteiger partial charge in [-0.3, -0.25) is 14.4 Å². The summed E-state index contributed by atoms with van der Waals surface area (Å²) in [6.07, 6.45) is 0. The molecule has 4 rings (SSSR count). The van der Waals surface area contributed by atoms with Crippen LogP contribution in [-0.4, -0.2) is 60.5 Å². The van der Waals surface area contributed by atoms with Crippen molar-refractivity contribution in [2.75, 3.05) is 45.3 Å². The quantitative estimate of drug-likeness (QED) is 0.678. The molecule has 30 heavy (non-hydrogen) atoms. The topological polar surface area (TPSA) is 68.6 Å². The van der Waals surface area contributed by atoms with Crippen molar-refractivity contribution in [2.24, 2.45) is 0 Å². The number of morpholine rings is 1. The van der Waals surface area contributed by atoms with E-state index in [-0.39, 0.29) is 5.91 Å². The normalized spacial score (nSPS) is 14.8. The van der Waals surface area contributed by atoms with Gasteiger partial charge in [0.2, 0.25) is 0 Å². The summed E-state index contributed by atoms with van der Waals surface area (Å²) >= 11 is 0. The fourth-order valence-corrected chi connectivity index (χ4v) is 4.00. The highest BCUT2D eigenvalue weighted by molar-refractivity contribution is 6.12. The Hall–Kier alpha value is -2.90. The number of hydrogen-bond acceptors (Lipinski definition) is 5. The molecule has 0 radical (unpaired) electrons. The summed E-state index contributed by atoms with van der Waals surface area (Å²) in [5.41, 5.74) is 4.24. The Kier molecular flexibility index (Phi) is 6.01. The highest BCUT2D eigenvalue weighted by Crippen LogP contribution is 2.29. The zero-order chi connectivity index (χ0) is 21.1. The Morgan fingerprint density at radius 3 is 2.57 bits per heavy atom. The fraction of sp³-hybridized carbons (Fsp3) is 0.391. The number of aryl methyl sites for hydroxylation is 2. The number of nitrogens with zero attached hydrogens (tertiary/aromatic N) is 3. The zero-order valence-electron chi connectivity index (χ0n) is 17.8. The van der Waals surface area contributed by atoms with Crippen LogP contribution in [0, 0.1) is 13.8 Å². The zero-order valence-corrected chi connectivity index (χ0v) is 17.8. The van der Waals surface area contributed by atoms with Crippen molar-refractivity contribution in [3.8, 4) is 5.75 Å². The highest BCUT2D eigenvalue weighted by atomic mass is 16.5. The summed E-state index contributed by atoms with van der Waals surface area (Å²) in [5, 5.41) is 8.49. The van der Waals surface area contributed by atoms with Gasteiger partial charge in [-0.15, -0.1) is 0 Å². The van der Waals surface area contributed by atoms with Gasteiger partial charge in [-0.05, 0) is 43.2 Å². The largest absolute Gasteiger partial charge is 0.494 e. The van der Waals surface area contributed by atoms with Gasteiger partial charge in [0.15, 0.2) is 5.69 Å². The third-order valence-corrected chi connectivity index (χ3v) is 5.38. The summed E-state index contributed by atoms with van der Waals surface area (Å²) in [7, 11) is 1.64. The van der Waals surface area contributed by atoms with Gasteiger partial charge in [-0.1, -0.05) is 18.2 Å². The molecule has 0 atom stereocenters. The van der Waals surface area contributed by atoms with Crippen molar-refractivity contribution >= 4 is 22.5 Å². The summed E-state index contributed by atoms with van der Waals surface area (Å²) < 4.78 is 12.9. The number of amides is 1. The van der Waals surface area contributed by atoms with E-state index >= 15 is 0 Å². The number of carbonyl (C=O) groups excluding carboxylic acids is 1. The van der Waals surface area contributed by atoms with Crippen molar-refractivity contribution < 1.29 is 14.3 Å². The van der Waals surface area contributed by atoms with Gasteiger partial charge in [0.25, 0.3) is 5.91 Å². The third kappa shape index (κ3) is 4.32. The maximum absolute atomic E-state index is 13.1. The minimum absolute atomic E-state index is 0.219. The predicted molar refractivity (Wildman–Crippen MR) is 117 cm³/mol. The molecule has 0 spiro atoms. The van der Waals surface area contributed by atoms with Gasteiger partial charge in [-0.2, -0.15) is 5.10 Å². The van der Waals surface area contributed by atoms with E-state index in [9.17, 15) is 4.79 Å². The third-order valence-electron chi connectivity index (χ3n) is 5.38. The van der Waals surface area contributed by atoms with E-state index in [1.54, 1.807) is 7.11 Å². The van der Waals surface area contributed by atoms with Crippen molar-refractivity contribution in [1.29, 1.82) is 0 Å². The minimum Gasteiger partial charge on any atom is -0.494 e. The van der Waals surface area contributed by atoms with Gasteiger partial charge in [0.05, 0.1) is 26.9 Å². The second-order valence-corrected chi connectivity index (χ2v) is 7.71. The number of carbonyl (C=O) groups is 1. The lowest BCUT2D eigenvalue weighted by Crippen LogP contribution is -2.38. The van der Waals surface area contributed by atoms with Crippen LogP contribution in [0.5, 0.6) is 5.75 Å². The van der Waals surface area contributed by atoms with Crippen LogP contribution in [0.25, 0.3) is 10.9 Å². The molecule has 1 aromatic heterocycles. The van der Waals surface area contributed by atoms with E-state index in [1.807, 2.05) is 48.9 Å². The molecule has 1 fully saturated rings. The second kappa shape index (κ2) is 8.85. The predicted octanol–water partition coefficient (Wildman–Crippen LogP) is 3.25. The van der Waals surface area contributed by atoms with Crippen molar-refractivity contribution in [3.05, 3.63) is 53.2 Å². The lowest BCUT2D eigenvalue weighted by atomic mass is 10.1. The molecule has 0 unspecified atom stereocenters. The number of aromatic nitrogens is 2. The minimum atomic E-state index is -0.219. The van der Waals surface area contributed by atoms with Crippen LogP contribution in [0.1, 0.15) is 21.6 Å². The first-order valence-corrected chi connectivity index (χ1v) is 10.3. The lowest BCUT2D eigenvalue weighted by Gasteiger charge is -2.26. The van der Waals surface area contributed by atoms with Crippen molar-refractivity contribution in [2.45, 2.75) is 20.4 Å². The number of fused-ring (bicyclic) bond motifs is 1. The van der Waals surface area contributed by atoms with E-state index in [0.717, 1.165) is 60.6 Å². The summed E-state index contributed by atoms with van der Waals surface area (Å²) in [6.45, 7) is 8.89. The number of para-hydroxylation sites is 1. The molecule has 0 bridgehead atoms. The van der Waals surface area contributed by atoms with Crippen LogP contribution >= 0.6 is 0 Å². The molecule has 0 aliphatic carbocycles. The molecule has 7 nitrogen and oxygen atoms in total. The summed E-state index contributed by atoms with van der Waals surface area (Å²) in [5.74, 6) is 0.496. The Labute approximate surface area is 176 Å². The van der Waals surface area contributed by atoms with Crippen LogP contribution < -0.4 is 10.1 Å². The lowest BCUT2D eigenvalue weighted by molar-refractivity contribution is 0.0361. The Morgan fingerprint density at radius 2 is 1.87 bits per heavy atom. The van der Waals surface area contributed by atoms with E-state index in [4.69, 9.17) is 9.47 Å². The molecule has 158 valence electrons. The highest BCUT2D eigenvalue weighted by Gasteiger charge is 2.21. The van der Waals surface area contributed by atoms with Gasteiger partial charge in [-0.25, -0.2) is 0 Å². The Balaban J connectivity index is 1.64. The van der Waals surface area contributed by atoms with Crippen LogP contribution in [-0.2, 0) is 11.3 Å². The molecule has 3 aromatic rings. The molecule has 2 aromatic carbocycles. The Morgan fingerprint density at radius 1 is 1.13 bits per heavy atom. The average Bonchev–Trinajstić information content (AvgIpc) is 3.11. The fourth-order valence-electron chi connectivity index (χ4n) is 4.00. The van der Waals surface area contributed by atoms with E-state index in [1.165, 1.54) is 0 Å². The van der Waals surface area contributed by atoms with Crippen LogP contribution in [0.4, 0.5) is 5.69 Å².